The van der Waals surface area contributed by atoms with E-state index in [0.29, 0.717) is 12.0 Å². The lowest BCUT2D eigenvalue weighted by molar-refractivity contribution is 0.179. The van der Waals surface area contributed by atoms with Gasteiger partial charge in [-0.2, -0.15) is 0 Å². The molecule has 1 aromatic heterocycles. The van der Waals surface area contributed by atoms with Crippen molar-refractivity contribution in [2.75, 3.05) is 25.5 Å². The van der Waals surface area contributed by atoms with Crippen molar-refractivity contribution in [1.29, 1.82) is 0 Å². The molecule has 6 nitrogen and oxygen atoms in total. The van der Waals surface area contributed by atoms with Gasteiger partial charge in [0.1, 0.15) is 0 Å². The summed E-state index contributed by atoms with van der Waals surface area (Å²) in [7, 11) is 1.86. The van der Waals surface area contributed by atoms with Crippen molar-refractivity contribution >= 4 is 11.8 Å². The number of tetrazole rings is 1. The normalized spacial score (nSPS) is 21.9. The quantitative estimate of drug-likeness (QED) is 0.740. The number of ether oxygens (including phenoxy) is 1. The van der Waals surface area contributed by atoms with Gasteiger partial charge in [0.15, 0.2) is 0 Å². The van der Waals surface area contributed by atoms with Gasteiger partial charge in [-0.25, -0.2) is 4.68 Å². The summed E-state index contributed by atoms with van der Waals surface area (Å²) in [6.45, 7) is 4.88. The minimum absolute atomic E-state index is 0.476. The van der Waals surface area contributed by atoms with Gasteiger partial charge in [0, 0.05) is 31.4 Å². The van der Waals surface area contributed by atoms with Crippen LogP contribution in [0.25, 0.3) is 0 Å². The molecule has 2 unspecified atom stereocenters. The smallest absolute Gasteiger partial charge is 0.209 e. The zero-order valence-electron chi connectivity index (χ0n) is 10.3. The Bertz CT molecular complexity index is 339. The zero-order chi connectivity index (χ0) is 12.1. The number of nitrogens with one attached hydrogen (secondary N) is 1. The van der Waals surface area contributed by atoms with Gasteiger partial charge in [-0.1, -0.05) is 18.7 Å². The average Bonchev–Trinajstić information content (AvgIpc) is 2.96. The fourth-order valence-corrected chi connectivity index (χ4v) is 3.04. The van der Waals surface area contributed by atoms with Crippen LogP contribution >= 0.6 is 11.8 Å². The summed E-state index contributed by atoms with van der Waals surface area (Å²) in [4.78, 5) is 0. The first-order chi connectivity index (χ1) is 8.31. The largest absolute Gasteiger partial charge is 0.381 e. The minimum Gasteiger partial charge on any atom is -0.381 e. The van der Waals surface area contributed by atoms with Gasteiger partial charge in [-0.05, 0) is 23.4 Å². The molecule has 1 aromatic rings. The second kappa shape index (κ2) is 6.32. The number of nitrogens with zero attached hydrogens (tertiary/aromatic N) is 4. The van der Waals surface area contributed by atoms with E-state index in [1.165, 1.54) is 0 Å². The first-order valence-corrected chi connectivity index (χ1v) is 6.96. The summed E-state index contributed by atoms with van der Waals surface area (Å²) in [5.74, 6) is 1.60. The van der Waals surface area contributed by atoms with Crippen LogP contribution in [0.1, 0.15) is 13.3 Å². The molecule has 0 aliphatic carbocycles. The van der Waals surface area contributed by atoms with E-state index in [1.54, 1.807) is 16.4 Å². The molecule has 0 amide bonds. The van der Waals surface area contributed by atoms with Crippen molar-refractivity contribution in [3.05, 3.63) is 0 Å². The predicted octanol–water partition coefficient (Wildman–Crippen LogP) is 0.317. The maximum absolute atomic E-state index is 5.45. The van der Waals surface area contributed by atoms with Gasteiger partial charge in [0.25, 0.3) is 0 Å². The topological polar surface area (TPSA) is 64.9 Å². The Morgan fingerprint density at radius 2 is 2.53 bits per heavy atom. The lowest BCUT2D eigenvalue weighted by Gasteiger charge is -2.22. The maximum Gasteiger partial charge on any atom is 0.209 e. The van der Waals surface area contributed by atoms with Crippen LogP contribution in [0.4, 0.5) is 0 Å². The fourth-order valence-electron chi connectivity index (χ4n) is 2.00. The Hall–Kier alpha value is -0.660. The summed E-state index contributed by atoms with van der Waals surface area (Å²) in [5.41, 5.74) is 0. The molecule has 1 aliphatic heterocycles. The van der Waals surface area contributed by atoms with Gasteiger partial charge >= 0.3 is 0 Å². The highest BCUT2D eigenvalue weighted by Crippen LogP contribution is 2.22. The average molecular weight is 257 g/mol. The SMILES string of the molecule is CCNC(CSc1nnnn1C)C1CCOC1. The minimum atomic E-state index is 0.476. The molecule has 1 fully saturated rings. The molecule has 0 aromatic carbocycles. The first kappa shape index (κ1) is 12.8. The fraction of sp³-hybridized carbons (Fsp3) is 0.900. The molecule has 2 rings (SSSR count). The first-order valence-electron chi connectivity index (χ1n) is 5.97. The number of thioether (sulfide) groups is 1. The standard InChI is InChI=1S/C10H19N5OS/c1-3-11-9(8-4-5-16-6-8)7-17-10-12-13-14-15(10)2/h8-9,11H,3-7H2,1-2H3. The Morgan fingerprint density at radius 1 is 1.65 bits per heavy atom. The van der Waals surface area contributed by atoms with E-state index < -0.39 is 0 Å². The number of hydrogen-bond donors (Lipinski definition) is 1. The van der Waals surface area contributed by atoms with Crippen LogP contribution in [-0.4, -0.2) is 51.8 Å². The molecule has 0 bridgehead atoms. The van der Waals surface area contributed by atoms with E-state index in [4.69, 9.17) is 4.74 Å². The Labute approximate surface area is 105 Å². The van der Waals surface area contributed by atoms with Crippen molar-refractivity contribution in [1.82, 2.24) is 25.5 Å². The number of aryl methyl sites for hydroxylation is 1. The van der Waals surface area contributed by atoms with Gasteiger partial charge in [-0.15, -0.1) is 5.10 Å². The highest BCUT2D eigenvalue weighted by atomic mass is 32.2. The van der Waals surface area contributed by atoms with Gasteiger partial charge in [0.05, 0.1) is 6.61 Å². The lowest BCUT2D eigenvalue weighted by Crippen LogP contribution is -2.38. The molecule has 17 heavy (non-hydrogen) atoms. The van der Waals surface area contributed by atoms with E-state index in [2.05, 4.69) is 27.8 Å². The van der Waals surface area contributed by atoms with Crippen LogP contribution in [0, 0.1) is 5.92 Å². The monoisotopic (exact) mass is 257 g/mol. The van der Waals surface area contributed by atoms with Crippen LogP contribution < -0.4 is 5.32 Å². The second-order valence-corrected chi connectivity index (χ2v) is 5.17. The van der Waals surface area contributed by atoms with E-state index in [0.717, 1.165) is 37.1 Å². The second-order valence-electron chi connectivity index (χ2n) is 4.18. The van der Waals surface area contributed by atoms with Crippen molar-refractivity contribution in [2.45, 2.75) is 24.5 Å². The molecule has 96 valence electrons. The summed E-state index contributed by atoms with van der Waals surface area (Å²) >= 11 is 1.70. The molecule has 2 heterocycles. The number of aromatic nitrogens is 4. The highest BCUT2D eigenvalue weighted by molar-refractivity contribution is 7.99. The van der Waals surface area contributed by atoms with E-state index in [-0.39, 0.29) is 0 Å². The van der Waals surface area contributed by atoms with Crippen molar-refractivity contribution in [3.63, 3.8) is 0 Å². The maximum atomic E-state index is 5.45. The van der Waals surface area contributed by atoms with Crippen LogP contribution in [0.2, 0.25) is 0 Å². The zero-order valence-corrected chi connectivity index (χ0v) is 11.1. The van der Waals surface area contributed by atoms with Crippen LogP contribution in [0.15, 0.2) is 5.16 Å². The Morgan fingerprint density at radius 3 is 3.12 bits per heavy atom. The van der Waals surface area contributed by atoms with Crippen molar-refractivity contribution in [2.24, 2.45) is 13.0 Å². The van der Waals surface area contributed by atoms with Crippen LogP contribution in [-0.2, 0) is 11.8 Å². The highest BCUT2D eigenvalue weighted by Gasteiger charge is 2.25. The third-order valence-electron chi connectivity index (χ3n) is 2.97. The van der Waals surface area contributed by atoms with Gasteiger partial charge < -0.3 is 10.1 Å². The molecular weight excluding hydrogens is 238 g/mol. The molecule has 1 saturated heterocycles. The third-order valence-corrected chi connectivity index (χ3v) is 4.10. The molecular formula is C10H19N5OS. The van der Waals surface area contributed by atoms with E-state index in [9.17, 15) is 0 Å². The molecule has 0 radical (unpaired) electrons. The van der Waals surface area contributed by atoms with Crippen LogP contribution in [0.5, 0.6) is 0 Å². The summed E-state index contributed by atoms with van der Waals surface area (Å²) in [6, 6.07) is 0.476. The summed E-state index contributed by atoms with van der Waals surface area (Å²) < 4.78 is 7.16. The molecule has 1 N–H and O–H groups in total. The number of rotatable bonds is 6. The lowest BCUT2D eigenvalue weighted by atomic mass is 10.0. The third kappa shape index (κ3) is 3.40. The Kier molecular flexibility index (Phi) is 4.75. The van der Waals surface area contributed by atoms with Gasteiger partial charge in [0.2, 0.25) is 5.16 Å². The predicted molar refractivity (Wildman–Crippen MR) is 65.9 cm³/mol. The van der Waals surface area contributed by atoms with Crippen molar-refractivity contribution in [3.8, 4) is 0 Å². The molecule has 0 saturated carbocycles. The summed E-state index contributed by atoms with van der Waals surface area (Å²) in [6.07, 6.45) is 1.15. The molecule has 7 heteroatoms. The van der Waals surface area contributed by atoms with E-state index in [1.807, 2.05) is 7.05 Å². The van der Waals surface area contributed by atoms with Crippen molar-refractivity contribution < 1.29 is 4.74 Å². The number of hydrogen-bond acceptors (Lipinski definition) is 6. The Balaban J connectivity index is 1.86. The molecule has 0 spiro atoms. The van der Waals surface area contributed by atoms with Crippen LogP contribution in [0.3, 0.4) is 0 Å². The molecule has 1 aliphatic rings. The van der Waals surface area contributed by atoms with Gasteiger partial charge in [-0.3, -0.25) is 0 Å². The molecule has 2 atom stereocenters. The van der Waals surface area contributed by atoms with E-state index >= 15 is 0 Å². The summed E-state index contributed by atoms with van der Waals surface area (Å²) in [5, 5.41) is 15.8.